The molecule has 1 aliphatic heterocycles. The van der Waals surface area contributed by atoms with Crippen LogP contribution in [0.5, 0.6) is 0 Å². The number of rotatable bonds is 7. The molecule has 2 atom stereocenters. The van der Waals surface area contributed by atoms with Crippen molar-refractivity contribution in [1.29, 1.82) is 0 Å². The zero-order chi connectivity index (χ0) is 19.4. The van der Waals surface area contributed by atoms with Gasteiger partial charge in [0.1, 0.15) is 11.0 Å². The molecule has 1 aromatic carbocycles. The van der Waals surface area contributed by atoms with Crippen molar-refractivity contribution in [2.45, 2.75) is 59.1 Å². The lowest BCUT2D eigenvalue weighted by molar-refractivity contribution is -0.171. The topological polar surface area (TPSA) is 55.8 Å². The molecule has 5 nitrogen and oxygen atoms in total. The Balaban J connectivity index is 2.23. The number of carbonyl (C=O) groups is 2. The van der Waals surface area contributed by atoms with Crippen molar-refractivity contribution in [2.24, 2.45) is 5.41 Å². The fraction of sp³-hybridized carbons (Fsp3) is 0.619. The van der Waals surface area contributed by atoms with Gasteiger partial charge in [0, 0.05) is 19.6 Å². The number of hydrogen-bond donors (Lipinski definition) is 0. The van der Waals surface area contributed by atoms with Gasteiger partial charge < -0.3 is 14.4 Å². The zero-order valence-electron chi connectivity index (χ0n) is 16.6. The quantitative estimate of drug-likeness (QED) is 0.548. The van der Waals surface area contributed by atoms with Gasteiger partial charge in [-0.1, -0.05) is 37.3 Å². The normalized spacial score (nSPS) is 21.7. The van der Waals surface area contributed by atoms with E-state index in [0.29, 0.717) is 13.2 Å². The average Bonchev–Trinajstić information content (AvgIpc) is 2.92. The molecule has 2 rings (SSSR count). The number of esters is 1. The number of benzene rings is 1. The Bertz CT molecular complexity index is 623. The Morgan fingerprint density at radius 2 is 1.92 bits per heavy atom. The van der Waals surface area contributed by atoms with E-state index in [4.69, 9.17) is 9.47 Å². The molecule has 1 heterocycles. The fourth-order valence-corrected chi connectivity index (χ4v) is 3.22. The SMILES string of the molecule is CCCOC[C@]1(C(=O)OC(C)(C)C)CC(=O)N([C@H](C)c2ccccc2)C1. The van der Waals surface area contributed by atoms with E-state index in [1.165, 1.54) is 0 Å². The van der Waals surface area contributed by atoms with Crippen molar-refractivity contribution in [3.05, 3.63) is 35.9 Å². The molecule has 1 saturated heterocycles. The number of carbonyl (C=O) groups excluding carboxylic acids is 2. The molecule has 0 radical (unpaired) electrons. The summed E-state index contributed by atoms with van der Waals surface area (Å²) >= 11 is 0. The van der Waals surface area contributed by atoms with E-state index >= 15 is 0 Å². The highest BCUT2D eigenvalue weighted by Crippen LogP contribution is 2.39. The molecule has 0 spiro atoms. The van der Waals surface area contributed by atoms with Crippen LogP contribution in [0.2, 0.25) is 0 Å². The van der Waals surface area contributed by atoms with Crippen LogP contribution in [0.4, 0.5) is 0 Å². The summed E-state index contributed by atoms with van der Waals surface area (Å²) in [7, 11) is 0. The van der Waals surface area contributed by atoms with Crippen molar-refractivity contribution in [3.63, 3.8) is 0 Å². The molecule has 0 unspecified atom stereocenters. The van der Waals surface area contributed by atoms with Crippen molar-refractivity contribution in [1.82, 2.24) is 4.90 Å². The van der Waals surface area contributed by atoms with E-state index < -0.39 is 11.0 Å². The summed E-state index contributed by atoms with van der Waals surface area (Å²) in [5.74, 6) is -0.385. The molecule has 0 saturated carbocycles. The van der Waals surface area contributed by atoms with E-state index in [9.17, 15) is 9.59 Å². The van der Waals surface area contributed by atoms with E-state index in [1.54, 1.807) is 4.90 Å². The lowest BCUT2D eigenvalue weighted by atomic mass is 9.87. The van der Waals surface area contributed by atoms with Gasteiger partial charge in [-0.15, -0.1) is 0 Å². The molecule has 0 aliphatic carbocycles. The summed E-state index contributed by atoms with van der Waals surface area (Å²) in [6.45, 7) is 10.6. The summed E-state index contributed by atoms with van der Waals surface area (Å²) in [5, 5.41) is 0. The second kappa shape index (κ2) is 8.21. The maximum Gasteiger partial charge on any atom is 0.317 e. The first kappa shape index (κ1) is 20.4. The van der Waals surface area contributed by atoms with Crippen molar-refractivity contribution >= 4 is 11.9 Å². The van der Waals surface area contributed by atoms with Gasteiger partial charge in [-0.2, -0.15) is 0 Å². The molecule has 5 heteroatoms. The van der Waals surface area contributed by atoms with Gasteiger partial charge in [0.25, 0.3) is 0 Å². The summed E-state index contributed by atoms with van der Waals surface area (Å²) in [4.78, 5) is 27.5. The largest absolute Gasteiger partial charge is 0.459 e. The molecule has 26 heavy (non-hydrogen) atoms. The number of amides is 1. The Morgan fingerprint density at radius 3 is 2.50 bits per heavy atom. The highest BCUT2D eigenvalue weighted by atomic mass is 16.6. The van der Waals surface area contributed by atoms with Crippen LogP contribution in [0.3, 0.4) is 0 Å². The Labute approximate surface area is 156 Å². The molecular weight excluding hydrogens is 330 g/mol. The average molecular weight is 361 g/mol. The minimum Gasteiger partial charge on any atom is -0.459 e. The lowest BCUT2D eigenvalue weighted by Gasteiger charge is -2.32. The molecule has 144 valence electrons. The van der Waals surface area contributed by atoms with Gasteiger partial charge in [-0.3, -0.25) is 9.59 Å². The third-order valence-corrected chi connectivity index (χ3v) is 4.59. The first-order valence-electron chi connectivity index (χ1n) is 9.34. The minimum atomic E-state index is -0.942. The second-order valence-electron chi connectivity index (χ2n) is 8.12. The van der Waals surface area contributed by atoms with Crippen LogP contribution in [-0.2, 0) is 19.1 Å². The van der Waals surface area contributed by atoms with Crippen LogP contribution in [-0.4, -0.2) is 42.1 Å². The Morgan fingerprint density at radius 1 is 1.27 bits per heavy atom. The van der Waals surface area contributed by atoms with Gasteiger partial charge in [0.05, 0.1) is 12.6 Å². The maximum absolute atomic E-state index is 12.9. The van der Waals surface area contributed by atoms with Crippen LogP contribution >= 0.6 is 0 Å². The molecule has 0 N–H and O–H groups in total. The fourth-order valence-electron chi connectivity index (χ4n) is 3.22. The second-order valence-corrected chi connectivity index (χ2v) is 8.12. The van der Waals surface area contributed by atoms with E-state index in [0.717, 1.165) is 12.0 Å². The molecule has 0 bridgehead atoms. The Kier molecular flexibility index (Phi) is 6.45. The first-order valence-corrected chi connectivity index (χ1v) is 9.34. The molecule has 1 aromatic rings. The van der Waals surface area contributed by atoms with Crippen molar-refractivity contribution < 1.29 is 19.1 Å². The third kappa shape index (κ3) is 4.85. The van der Waals surface area contributed by atoms with Gasteiger partial charge in [-0.25, -0.2) is 0 Å². The van der Waals surface area contributed by atoms with Crippen LogP contribution in [0, 0.1) is 5.41 Å². The molecule has 1 aliphatic rings. The first-order chi connectivity index (χ1) is 12.2. The number of likely N-dealkylation sites (tertiary alicyclic amines) is 1. The summed E-state index contributed by atoms with van der Waals surface area (Å²) < 4.78 is 11.3. The van der Waals surface area contributed by atoms with E-state index in [1.807, 2.05) is 65.0 Å². The highest BCUT2D eigenvalue weighted by molar-refractivity contribution is 5.90. The van der Waals surface area contributed by atoms with Crippen LogP contribution < -0.4 is 0 Å². The van der Waals surface area contributed by atoms with E-state index in [-0.39, 0.29) is 30.9 Å². The molecule has 0 aromatic heterocycles. The van der Waals surface area contributed by atoms with Crippen LogP contribution in [0.25, 0.3) is 0 Å². The monoisotopic (exact) mass is 361 g/mol. The number of hydrogen-bond acceptors (Lipinski definition) is 4. The summed E-state index contributed by atoms with van der Waals surface area (Å²) in [5.41, 5.74) is -0.492. The van der Waals surface area contributed by atoms with Gasteiger partial charge >= 0.3 is 5.97 Å². The van der Waals surface area contributed by atoms with Gasteiger partial charge in [0.15, 0.2) is 0 Å². The highest BCUT2D eigenvalue weighted by Gasteiger charge is 2.52. The van der Waals surface area contributed by atoms with Crippen LogP contribution in [0.15, 0.2) is 30.3 Å². The maximum atomic E-state index is 12.9. The van der Waals surface area contributed by atoms with Crippen molar-refractivity contribution in [2.75, 3.05) is 19.8 Å². The standard InChI is InChI=1S/C21H31NO4/c1-6-12-25-15-21(19(24)26-20(3,4)5)13-18(23)22(14-21)16(2)17-10-8-7-9-11-17/h7-11,16H,6,12-15H2,1-5H3/t16-,21+/m1/s1. The molecule has 1 fully saturated rings. The van der Waals surface area contributed by atoms with E-state index in [2.05, 4.69) is 0 Å². The predicted molar refractivity (Wildman–Crippen MR) is 101 cm³/mol. The predicted octanol–water partition coefficient (Wildman–Crippen LogP) is 3.73. The number of nitrogens with zero attached hydrogens (tertiary/aromatic N) is 1. The van der Waals surface area contributed by atoms with Crippen LogP contribution in [0.1, 0.15) is 59.1 Å². The zero-order valence-corrected chi connectivity index (χ0v) is 16.6. The summed E-state index contributed by atoms with van der Waals surface area (Å²) in [6, 6.07) is 9.76. The molecule has 1 amide bonds. The van der Waals surface area contributed by atoms with Gasteiger partial charge in [-0.05, 0) is 39.7 Å². The summed E-state index contributed by atoms with van der Waals surface area (Å²) in [6.07, 6.45) is 0.991. The lowest BCUT2D eigenvalue weighted by Crippen LogP contribution is -2.43. The Hall–Kier alpha value is -1.88. The van der Waals surface area contributed by atoms with Gasteiger partial charge in [0.2, 0.25) is 5.91 Å². The molecular formula is C21H31NO4. The third-order valence-electron chi connectivity index (χ3n) is 4.59. The van der Waals surface area contributed by atoms with Crippen molar-refractivity contribution in [3.8, 4) is 0 Å². The number of ether oxygens (including phenoxy) is 2. The minimum absolute atomic E-state index is 0.0349. The smallest absolute Gasteiger partial charge is 0.317 e.